The molecule has 0 spiro atoms. The predicted octanol–water partition coefficient (Wildman–Crippen LogP) is 11.3. The molecule has 0 unspecified atom stereocenters. The maximum absolute atomic E-state index is 2.80. The summed E-state index contributed by atoms with van der Waals surface area (Å²) in [6, 6.07) is 77.6. The van der Waals surface area contributed by atoms with Gasteiger partial charge in [0.1, 0.15) is 0 Å². The van der Waals surface area contributed by atoms with Crippen molar-refractivity contribution < 1.29 is 0 Å². The summed E-state index contributed by atoms with van der Waals surface area (Å²) in [5, 5.41) is 7.27. The lowest BCUT2D eigenvalue weighted by Crippen LogP contribution is -2.73. The van der Waals surface area contributed by atoms with E-state index in [4.69, 9.17) is 0 Å². The fraction of sp³-hybridized carbons (Fsp3) is 0.129. The van der Waals surface area contributed by atoms with Crippen LogP contribution in [0.25, 0.3) is 33.4 Å². The van der Waals surface area contributed by atoms with Gasteiger partial charge in [0, 0.05) is 26.7 Å². The fourth-order valence-corrected chi connectivity index (χ4v) is 19.1. The summed E-state index contributed by atoms with van der Waals surface area (Å²) in [7, 11) is -4.32. The summed E-state index contributed by atoms with van der Waals surface area (Å²) < 4.78 is 0. The first-order valence-electron chi connectivity index (χ1n) is 23.9. The number of rotatable bonds is 6. The third kappa shape index (κ3) is 6.65. The van der Waals surface area contributed by atoms with Gasteiger partial charge in [0.25, 0.3) is 0 Å². The number of hydrogen-bond donors (Lipinski definition) is 0. The van der Waals surface area contributed by atoms with E-state index < -0.39 is 16.1 Å². The highest BCUT2D eigenvalue weighted by Gasteiger charge is 2.51. The number of nitrogens with zero attached hydrogens (tertiary/aromatic N) is 1. The molecule has 67 heavy (non-hydrogen) atoms. The van der Waals surface area contributed by atoms with Gasteiger partial charge in [0.15, 0.2) is 8.07 Å². The van der Waals surface area contributed by atoms with Crippen LogP contribution < -0.4 is 47.2 Å². The normalized spacial score (nSPS) is 14.2. The van der Waals surface area contributed by atoms with Gasteiger partial charge in [-0.3, -0.25) is 0 Å². The number of benzene rings is 9. The smallest absolute Gasteiger partial charge is 0.249 e. The Morgan fingerprint density at radius 3 is 1.79 bits per heavy atom. The minimum Gasteiger partial charge on any atom is -0.311 e. The zero-order valence-corrected chi connectivity index (χ0v) is 42.3. The van der Waals surface area contributed by atoms with Gasteiger partial charge < -0.3 is 4.90 Å². The zero-order chi connectivity index (χ0) is 45.8. The van der Waals surface area contributed by atoms with Crippen LogP contribution in [-0.2, 0) is 5.41 Å². The Labute approximate surface area is 403 Å². The van der Waals surface area contributed by atoms with Gasteiger partial charge >= 0.3 is 0 Å². The van der Waals surface area contributed by atoms with Crippen molar-refractivity contribution in [3.8, 4) is 33.4 Å². The Balaban J connectivity index is 1.19. The number of anilines is 3. The lowest BCUT2D eigenvalue weighted by atomic mass is 9.34. The van der Waals surface area contributed by atoms with Gasteiger partial charge in [-0.05, 0) is 119 Å². The molecule has 1 nitrogen and oxygen atoms in total. The minimum atomic E-state index is -2.80. The molecule has 5 heteroatoms. The average Bonchev–Trinajstić information content (AvgIpc) is 3.63. The number of aryl methyl sites for hydroxylation is 1. The van der Waals surface area contributed by atoms with Crippen LogP contribution in [0, 0.1) is 6.92 Å². The van der Waals surface area contributed by atoms with Crippen LogP contribution in [-0.4, -0.2) is 22.9 Å². The van der Waals surface area contributed by atoms with Crippen molar-refractivity contribution in [3.05, 3.63) is 211 Å². The van der Waals surface area contributed by atoms with Crippen molar-refractivity contribution in [2.75, 3.05) is 4.90 Å². The highest BCUT2D eigenvalue weighted by molar-refractivity contribution is 8.00. The number of fused-ring (bicyclic) bond motifs is 7. The molecule has 0 aromatic heterocycles. The molecular formula is C62H54BNSSi2. The molecule has 3 aliphatic rings. The van der Waals surface area contributed by atoms with E-state index in [1.54, 1.807) is 0 Å². The van der Waals surface area contributed by atoms with Gasteiger partial charge in [-0.2, -0.15) is 0 Å². The van der Waals surface area contributed by atoms with Crippen molar-refractivity contribution >= 4 is 94.0 Å². The van der Waals surface area contributed by atoms with E-state index in [9.17, 15) is 0 Å². The van der Waals surface area contributed by atoms with Crippen LogP contribution >= 0.6 is 11.8 Å². The molecule has 0 radical (unpaired) electrons. The Kier molecular flexibility index (Phi) is 9.78. The zero-order valence-electron chi connectivity index (χ0n) is 39.5. The first-order valence-corrected chi connectivity index (χ1v) is 30.2. The molecule has 9 aromatic rings. The molecule has 324 valence electrons. The second kappa shape index (κ2) is 15.6. The molecule has 0 fully saturated rings. The van der Waals surface area contributed by atoms with E-state index in [1.165, 1.54) is 114 Å². The Morgan fingerprint density at radius 1 is 0.478 bits per heavy atom. The van der Waals surface area contributed by atoms with Crippen molar-refractivity contribution in [1.29, 1.82) is 0 Å². The summed E-state index contributed by atoms with van der Waals surface area (Å²) in [5.41, 5.74) is 18.3. The second-order valence-corrected chi connectivity index (χ2v) is 30.9. The molecule has 3 heterocycles. The van der Waals surface area contributed by atoms with Crippen LogP contribution in [0.15, 0.2) is 210 Å². The van der Waals surface area contributed by atoms with Crippen molar-refractivity contribution in [3.63, 3.8) is 0 Å². The minimum absolute atomic E-state index is 0.0226. The standard InChI is InChI=1S/C62H54BNSSi2/c1-41-35-56-61-58(36-41)65-57-37-44(42-19-11-8-12-20-42)29-33-52(57)63(61)53-40-60-51(49-25-17-18-26-59(49)67(60,47-21-13-9-14-22-47)48-23-15-10-16-24-48)39-55(53)64(56)54-34-30-45(62(2,3)4)38-50(54)43-27-31-46(32-28-43)66(5,6)7/h8-40H,1-7H3. The Hall–Kier alpha value is -6.37. The molecule has 0 saturated heterocycles. The third-order valence-electron chi connectivity index (χ3n) is 14.8. The van der Waals surface area contributed by atoms with E-state index in [0.717, 1.165) is 0 Å². The molecule has 0 amide bonds. The highest BCUT2D eigenvalue weighted by Crippen LogP contribution is 2.48. The molecule has 0 atom stereocenters. The topological polar surface area (TPSA) is 3.24 Å². The molecule has 0 bridgehead atoms. The number of hydrogen-bond acceptors (Lipinski definition) is 2. The summed E-state index contributed by atoms with van der Waals surface area (Å²) in [5.74, 6) is 0. The van der Waals surface area contributed by atoms with Crippen LogP contribution in [0.2, 0.25) is 19.6 Å². The van der Waals surface area contributed by atoms with E-state index in [2.05, 4.69) is 252 Å². The summed E-state index contributed by atoms with van der Waals surface area (Å²) in [6.07, 6.45) is 0. The molecule has 12 rings (SSSR count). The molecule has 9 aromatic carbocycles. The van der Waals surface area contributed by atoms with Crippen LogP contribution in [0.5, 0.6) is 0 Å². The fourth-order valence-electron chi connectivity index (χ4n) is 11.5. The maximum atomic E-state index is 2.71. The largest absolute Gasteiger partial charge is 0.311 e. The Bertz CT molecular complexity index is 3370. The van der Waals surface area contributed by atoms with Crippen molar-refractivity contribution in [2.45, 2.75) is 62.5 Å². The van der Waals surface area contributed by atoms with Crippen molar-refractivity contribution in [2.24, 2.45) is 0 Å². The first-order chi connectivity index (χ1) is 32.4. The second-order valence-electron chi connectivity index (χ2n) is 21.0. The van der Waals surface area contributed by atoms with Gasteiger partial charge in [0.2, 0.25) is 6.71 Å². The van der Waals surface area contributed by atoms with Gasteiger partial charge in [0.05, 0.1) is 13.8 Å². The molecule has 3 aliphatic heterocycles. The molecule has 0 N–H and O–H groups in total. The van der Waals surface area contributed by atoms with Crippen LogP contribution in [0.1, 0.15) is 31.9 Å². The quantitative estimate of drug-likeness (QED) is 0.153. The lowest BCUT2D eigenvalue weighted by molar-refractivity contribution is 0.590. The van der Waals surface area contributed by atoms with E-state index in [-0.39, 0.29) is 12.1 Å². The van der Waals surface area contributed by atoms with Crippen LogP contribution in [0.4, 0.5) is 17.1 Å². The van der Waals surface area contributed by atoms with E-state index in [0.29, 0.717) is 0 Å². The van der Waals surface area contributed by atoms with Gasteiger partial charge in [-0.25, -0.2) is 0 Å². The first kappa shape index (κ1) is 42.0. The van der Waals surface area contributed by atoms with E-state index in [1.807, 2.05) is 11.8 Å². The van der Waals surface area contributed by atoms with Crippen LogP contribution in [0.3, 0.4) is 0 Å². The summed E-state index contributed by atoms with van der Waals surface area (Å²) >= 11 is 1.95. The van der Waals surface area contributed by atoms with E-state index >= 15 is 0 Å². The monoisotopic (exact) mass is 911 g/mol. The molecule has 0 saturated carbocycles. The van der Waals surface area contributed by atoms with Crippen molar-refractivity contribution in [1.82, 2.24) is 0 Å². The van der Waals surface area contributed by atoms with Gasteiger partial charge in [-0.1, -0.05) is 227 Å². The lowest BCUT2D eigenvalue weighted by Gasteiger charge is -2.42. The molecular weight excluding hydrogens is 858 g/mol. The van der Waals surface area contributed by atoms with Gasteiger partial charge in [-0.15, -0.1) is 0 Å². The Morgan fingerprint density at radius 2 is 1.12 bits per heavy atom. The average molecular weight is 912 g/mol. The summed E-state index contributed by atoms with van der Waals surface area (Å²) in [4.78, 5) is 5.36. The summed E-state index contributed by atoms with van der Waals surface area (Å²) in [6.45, 7) is 16.7. The maximum Gasteiger partial charge on any atom is 0.249 e. The SMILES string of the molecule is Cc1cc2c3c(c1)N(c1ccc(C(C)(C)C)cc1-c1ccc([Si](C)(C)C)cc1)c1cc4c(cc1B3c1ccc(-c3ccccc3)cc1S2)[Si](c1ccccc1)(c1ccccc1)c1ccccc1-4. The third-order valence-corrected chi connectivity index (χ3v) is 22.8. The highest BCUT2D eigenvalue weighted by atomic mass is 32.2. The molecule has 0 aliphatic carbocycles. The predicted molar refractivity (Wildman–Crippen MR) is 296 cm³/mol.